The van der Waals surface area contributed by atoms with Crippen LogP contribution in [0, 0.1) is 11.6 Å². The molecule has 4 heteroatoms. The van der Waals surface area contributed by atoms with Gasteiger partial charge in [-0.2, -0.15) is 0 Å². The summed E-state index contributed by atoms with van der Waals surface area (Å²) in [7, 11) is 0. The summed E-state index contributed by atoms with van der Waals surface area (Å²) in [5.74, 6) is -1.13. The topological polar surface area (TPSA) is 24.9 Å². The number of hydrogen-bond donors (Lipinski definition) is 1. The van der Waals surface area contributed by atoms with E-state index in [2.05, 4.69) is 16.4 Å². The Hall–Kier alpha value is -1.97. The van der Waals surface area contributed by atoms with Crippen LogP contribution in [-0.2, 0) is 6.42 Å². The number of hydrogen-bond acceptors (Lipinski definition) is 2. The third-order valence-electron chi connectivity index (χ3n) is 3.46. The van der Waals surface area contributed by atoms with Crippen molar-refractivity contribution in [3.05, 3.63) is 59.4 Å². The third kappa shape index (κ3) is 2.43. The van der Waals surface area contributed by atoms with Crippen molar-refractivity contribution < 1.29 is 8.78 Å². The highest BCUT2D eigenvalue weighted by atomic mass is 19.1. The first-order valence-corrected chi connectivity index (χ1v) is 6.39. The predicted octanol–water partition coefficient (Wildman–Crippen LogP) is 3.85. The molecule has 19 heavy (non-hydrogen) atoms. The molecule has 1 aliphatic rings. The van der Waals surface area contributed by atoms with Crippen LogP contribution in [0.1, 0.15) is 30.1 Å². The van der Waals surface area contributed by atoms with Crippen LogP contribution >= 0.6 is 0 Å². The number of pyridine rings is 1. The van der Waals surface area contributed by atoms with E-state index in [1.54, 1.807) is 6.20 Å². The number of aromatic nitrogens is 1. The van der Waals surface area contributed by atoms with Gasteiger partial charge in [0.2, 0.25) is 0 Å². The van der Waals surface area contributed by atoms with E-state index < -0.39 is 11.6 Å². The van der Waals surface area contributed by atoms with E-state index in [1.807, 2.05) is 6.07 Å². The van der Waals surface area contributed by atoms with Gasteiger partial charge in [0.1, 0.15) is 11.6 Å². The molecular weight excluding hydrogens is 246 g/mol. The molecule has 1 aliphatic carbocycles. The van der Waals surface area contributed by atoms with Crippen LogP contribution in [0.25, 0.3) is 0 Å². The number of anilines is 1. The molecule has 2 aromatic rings. The van der Waals surface area contributed by atoms with Gasteiger partial charge < -0.3 is 5.32 Å². The third-order valence-corrected chi connectivity index (χ3v) is 3.46. The highest BCUT2D eigenvalue weighted by Gasteiger charge is 2.21. The zero-order valence-corrected chi connectivity index (χ0v) is 10.4. The van der Waals surface area contributed by atoms with E-state index in [-0.39, 0.29) is 6.04 Å². The molecular formula is C15H14F2N2. The number of fused-ring (bicyclic) bond motifs is 1. The van der Waals surface area contributed by atoms with Crippen molar-refractivity contribution in [2.75, 3.05) is 5.32 Å². The van der Waals surface area contributed by atoms with Crippen LogP contribution in [0.15, 0.2) is 36.5 Å². The summed E-state index contributed by atoms with van der Waals surface area (Å²) in [6, 6.07) is 7.54. The average Bonchev–Trinajstić information content (AvgIpc) is 2.42. The van der Waals surface area contributed by atoms with Gasteiger partial charge in [0.25, 0.3) is 0 Å². The molecule has 1 atom stereocenters. The minimum Gasteiger partial charge on any atom is -0.374 e. The second kappa shape index (κ2) is 4.96. The number of halogens is 2. The second-order valence-electron chi connectivity index (χ2n) is 4.76. The van der Waals surface area contributed by atoms with Crippen molar-refractivity contribution in [2.45, 2.75) is 25.3 Å². The number of benzene rings is 1. The summed E-state index contributed by atoms with van der Waals surface area (Å²) >= 11 is 0. The Kier molecular flexibility index (Phi) is 3.15. The molecule has 0 radical (unpaired) electrons. The molecule has 98 valence electrons. The standard InChI is InChI=1S/C15H14F2N2/c16-11-6-7-13(12(17)9-11)19-14-5-1-3-10-4-2-8-18-15(10)14/h2,4,6-9,14,19H,1,3,5H2. The summed E-state index contributed by atoms with van der Waals surface area (Å²) in [4.78, 5) is 4.39. The first kappa shape index (κ1) is 12.1. The average molecular weight is 260 g/mol. The van der Waals surface area contributed by atoms with Gasteiger partial charge in [-0.1, -0.05) is 6.07 Å². The zero-order chi connectivity index (χ0) is 13.2. The van der Waals surface area contributed by atoms with E-state index in [0.717, 1.165) is 31.0 Å². The molecule has 0 saturated carbocycles. The van der Waals surface area contributed by atoms with Crippen LogP contribution in [0.4, 0.5) is 14.5 Å². The Morgan fingerprint density at radius 3 is 2.95 bits per heavy atom. The highest BCUT2D eigenvalue weighted by molar-refractivity contribution is 5.47. The summed E-state index contributed by atoms with van der Waals surface area (Å²) in [6.07, 6.45) is 4.70. The lowest BCUT2D eigenvalue weighted by Gasteiger charge is -2.26. The lowest BCUT2D eigenvalue weighted by atomic mass is 9.92. The molecule has 1 aromatic carbocycles. The van der Waals surface area contributed by atoms with Crippen LogP contribution in [0.5, 0.6) is 0 Å². The Morgan fingerprint density at radius 2 is 2.11 bits per heavy atom. The normalized spacial score (nSPS) is 17.9. The minimum absolute atomic E-state index is 0.00934. The van der Waals surface area contributed by atoms with Crippen molar-refractivity contribution in [2.24, 2.45) is 0 Å². The van der Waals surface area contributed by atoms with Crippen molar-refractivity contribution in [1.82, 2.24) is 4.98 Å². The highest BCUT2D eigenvalue weighted by Crippen LogP contribution is 2.31. The van der Waals surface area contributed by atoms with E-state index in [0.29, 0.717) is 5.69 Å². The quantitative estimate of drug-likeness (QED) is 0.887. The van der Waals surface area contributed by atoms with Crippen LogP contribution in [0.2, 0.25) is 0 Å². The first-order valence-electron chi connectivity index (χ1n) is 6.39. The summed E-state index contributed by atoms with van der Waals surface area (Å²) < 4.78 is 26.5. The van der Waals surface area contributed by atoms with Gasteiger partial charge in [-0.3, -0.25) is 4.98 Å². The number of nitrogens with zero attached hydrogens (tertiary/aromatic N) is 1. The van der Waals surface area contributed by atoms with Gasteiger partial charge in [-0.15, -0.1) is 0 Å². The largest absolute Gasteiger partial charge is 0.374 e. The lowest BCUT2D eigenvalue weighted by Crippen LogP contribution is -2.19. The van der Waals surface area contributed by atoms with Gasteiger partial charge >= 0.3 is 0 Å². The fourth-order valence-electron chi connectivity index (χ4n) is 2.54. The van der Waals surface area contributed by atoms with E-state index in [9.17, 15) is 8.78 Å². The van der Waals surface area contributed by atoms with Crippen molar-refractivity contribution in [3.63, 3.8) is 0 Å². The monoisotopic (exact) mass is 260 g/mol. The first-order chi connectivity index (χ1) is 9.24. The van der Waals surface area contributed by atoms with E-state index in [1.165, 1.54) is 17.7 Å². The maximum absolute atomic E-state index is 13.7. The molecule has 0 aliphatic heterocycles. The molecule has 1 unspecified atom stereocenters. The maximum Gasteiger partial charge on any atom is 0.149 e. The molecule has 0 fully saturated rings. The molecule has 3 rings (SSSR count). The molecule has 2 nitrogen and oxygen atoms in total. The lowest BCUT2D eigenvalue weighted by molar-refractivity contribution is 0.564. The molecule has 1 N–H and O–H groups in total. The molecule has 1 heterocycles. The SMILES string of the molecule is Fc1ccc(NC2CCCc3cccnc32)c(F)c1. The number of nitrogens with one attached hydrogen (secondary N) is 1. The van der Waals surface area contributed by atoms with Crippen molar-refractivity contribution in [1.29, 1.82) is 0 Å². The van der Waals surface area contributed by atoms with Crippen molar-refractivity contribution >= 4 is 5.69 Å². The Balaban J connectivity index is 1.88. The van der Waals surface area contributed by atoms with Crippen LogP contribution < -0.4 is 5.32 Å². The smallest absolute Gasteiger partial charge is 0.149 e. The fraction of sp³-hybridized carbons (Fsp3) is 0.267. The summed E-state index contributed by atoms with van der Waals surface area (Å²) in [5.41, 5.74) is 2.50. The van der Waals surface area contributed by atoms with Crippen LogP contribution in [-0.4, -0.2) is 4.98 Å². The second-order valence-corrected chi connectivity index (χ2v) is 4.76. The Labute approximate surface area is 110 Å². The number of aryl methyl sites for hydroxylation is 1. The summed E-state index contributed by atoms with van der Waals surface area (Å²) in [5, 5.41) is 3.13. The van der Waals surface area contributed by atoms with Crippen molar-refractivity contribution in [3.8, 4) is 0 Å². The fourth-order valence-corrected chi connectivity index (χ4v) is 2.54. The Bertz CT molecular complexity index is 598. The molecule has 0 amide bonds. The minimum atomic E-state index is -0.567. The molecule has 0 saturated heterocycles. The van der Waals surface area contributed by atoms with Gasteiger partial charge in [0.05, 0.1) is 17.4 Å². The molecule has 1 aromatic heterocycles. The molecule has 0 bridgehead atoms. The van der Waals surface area contributed by atoms with Gasteiger partial charge in [-0.05, 0) is 43.0 Å². The predicted molar refractivity (Wildman–Crippen MR) is 69.9 cm³/mol. The maximum atomic E-state index is 13.7. The van der Waals surface area contributed by atoms with Gasteiger partial charge in [0.15, 0.2) is 0 Å². The van der Waals surface area contributed by atoms with Crippen LogP contribution in [0.3, 0.4) is 0 Å². The molecule has 0 spiro atoms. The zero-order valence-electron chi connectivity index (χ0n) is 10.4. The van der Waals surface area contributed by atoms with Gasteiger partial charge in [-0.25, -0.2) is 8.78 Å². The Morgan fingerprint density at radius 1 is 1.21 bits per heavy atom. The van der Waals surface area contributed by atoms with E-state index >= 15 is 0 Å². The number of rotatable bonds is 2. The van der Waals surface area contributed by atoms with E-state index in [4.69, 9.17) is 0 Å². The summed E-state index contributed by atoms with van der Waals surface area (Å²) in [6.45, 7) is 0. The van der Waals surface area contributed by atoms with Gasteiger partial charge in [0, 0.05) is 12.3 Å².